The number of ether oxygens (including phenoxy) is 2. The van der Waals surface area contributed by atoms with Crippen LogP contribution in [0.1, 0.15) is 63.5 Å². The molecule has 1 N–H and O–H groups in total. The molecule has 0 bridgehead atoms. The first-order valence-electron chi connectivity index (χ1n) is 10.4. The van der Waals surface area contributed by atoms with Gasteiger partial charge < -0.3 is 9.47 Å². The fraction of sp³-hybridized carbons (Fsp3) is 0.417. The van der Waals surface area contributed by atoms with Gasteiger partial charge in [-0.3, -0.25) is 4.79 Å². The first-order chi connectivity index (χ1) is 14.1. The topological polar surface area (TPSA) is 59.9 Å². The Hall–Kier alpha value is -2.82. The second-order valence-corrected chi connectivity index (χ2v) is 7.28. The van der Waals surface area contributed by atoms with Crippen molar-refractivity contribution in [3.05, 3.63) is 59.7 Å². The monoisotopic (exact) mass is 396 g/mol. The van der Waals surface area contributed by atoms with Crippen molar-refractivity contribution in [2.45, 2.75) is 52.4 Å². The Morgan fingerprint density at radius 3 is 2.28 bits per heavy atom. The molecule has 0 saturated heterocycles. The quantitative estimate of drug-likeness (QED) is 0.301. The molecular formula is C24H32N2O3. The average molecular weight is 397 g/mol. The lowest BCUT2D eigenvalue weighted by Gasteiger charge is -2.08. The van der Waals surface area contributed by atoms with Crippen LogP contribution in [0.15, 0.2) is 53.6 Å². The molecule has 5 heteroatoms. The molecule has 2 aromatic carbocycles. The van der Waals surface area contributed by atoms with Gasteiger partial charge in [-0.25, -0.2) is 5.43 Å². The first kappa shape index (κ1) is 22.5. The molecule has 0 aliphatic heterocycles. The second kappa shape index (κ2) is 12.6. The normalized spacial score (nSPS) is 11.0. The van der Waals surface area contributed by atoms with Gasteiger partial charge in [0.05, 0.1) is 12.8 Å². The van der Waals surface area contributed by atoms with E-state index in [-0.39, 0.29) is 12.5 Å². The molecule has 0 spiro atoms. The minimum absolute atomic E-state index is 0.0802. The van der Waals surface area contributed by atoms with Gasteiger partial charge in [-0.2, -0.15) is 5.10 Å². The third-order valence-electron chi connectivity index (χ3n) is 4.47. The van der Waals surface area contributed by atoms with E-state index in [0.29, 0.717) is 11.7 Å². The third-order valence-corrected chi connectivity index (χ3v) is 4.47. The highest BCUT2D eigenvalue weighted by atomic mass is 16.5. The number of carbonyl (C=O) groups excluding carboxylic acids is 1. The summed E-state index contributed by atoms with van der Waals surface area (Å²) in [7, 11) is 0. The predicted octanol–water partition coefficient (Wildman–Crippen LogP) is 5.30. The van der Waals surface area contributed by atoms with Crippen LogP contribution in [0.2, 0.25) is 0 Å². The fourth-order valence-corrected chi connectivity index (χ4v) is 2.68. The largest absolute Gasteiger partial charge is 0.494 e. The van der Waals surface area contributed by atoms with Crippen LogP contribution in [-0.2, 0) is 4.79 Å². The highest BCUT2D eigenvalue weighted by Gasteiger charge is 2.03. The van der Waals surface area contributed by atoms with Crippen LogP contribution < -0.4 is 14.9 Å². The third kappa shape index (κ3) is 8.81. The summed E-state index contributed by atoms with van der Waals surface area (Å²) < 4.78 is 11.2. The van der Waals surface area contributed by atoms with Crippen molar-refractivity contribution < 1.29 is 14.3 Å². The Morgan fingerprint density at radius 1 is 0.966 bits per heavy atom. The van der Waals surface area contributed by atoms with E-state index in [2.05, 4.69) is 31.3 Å². The van der Waals surface area contributed by atoms with E-state index in [4.69, 9.17) is 9.47 Å². The second-order valence-electron chi connectivity index (χ2n) is 7.28. The van der Waals surface area contributed by atoms with E-state index >= 15 is 0 Å². The first-order valence-corrected chi connectivity index (χ1v) is 10.4. The summed E-state index contributed by atoms with van der Waals surface area (Å²) in [6.07, 6.45) is 6.35. The Bertz CT molecular complexity index is 753. The molecule has 0 radical (unpaired) electrons. The van der Waals surface area contributed by atoms with Crippen LogP contribution >= 0.6 is 0 Å². The van der Waals surface area contributed by atoms with Crippen LogP contribution in [0.4, 0.5) is 0 Å². The Kier molecular flexibility index (Phi) is 9.76. The summed E-state index contributed by atoms with van der Waals surface area (Å²) in [4.78, 5) is 11.9. The number of carbonyl (C=O) groups is 1. The number of benzene rings is 2. The van der Waals surface area contributed by atoms with Gasteiger partial charge in [0.25, 0.3) is 5.91 Å². The van der Waals surface area contributed by atoms with Gasteiger partial charge in [0.15, 0.2) is 6.61 Å². The fourth-order valence-electron chi connectivity index (χ4n) is 2.68. The highest BCUT2D eigenvalue weighted by Crippen LogP contribution is 2.18. The zero-order valence-electron chi connectivity index (χ0n) is 17.7. The van der Waals surface area contributed by atoms with Crippen molar-refractivity contribution in [3.8, 4) is 11.5 Å². The zero-order chi connectivity index (χ0) is 20.9. The molecule has 0 heterocycles. The number of nitrogens with zero attached hydrogens (tertiary/aromatic N) is 1. The van der Waals surface area contributed by atoms with Gasteiger partial charge in [0.1, 0.15) is 11.5 Å². The van der Waals surface area contributed by atoms with E-state index in [1.165, 1.54) is 24.8 Å². The molecule has 156 valence electrons. The van der Waals surface area contributed by atoms with Gasteiger partial charge in [-0.1, -0.05) is 52.2 Å². The van der Waals surface area contributed by atoms with Gasteiger partial charge in [0, 0.05) is 0 Å². The van der Waals surface area contributed by atoms with Gasteiger partial charge in [-0.15, -0.1) is 0 Å². The molecule has 2 rings (SSSR count). The molecule has 29 heavy (non-hydrogen) atoms. The number of rotatable bonds is 12. The number of hydrogen-bond donors (Lipinski definition) is 1. The molecule has 1 amide bonds. The number of unbranched alkanes of at least 4 members (excludes halogenated alkanes) is 3. The SMILES string of the molecule is CCCCCCOc1ccc(/C=N/NC(=O)COc2ccc(C(C)C)cc2)cc1. The van der Waals surface area contributed by atoms with Crippen molar-refractivity contribution in [2.75, 3.05) is 13.2 Å². The molecule has 0 unspecified atom stereocenters. The van der Waals surface area contributed by atoms with E-state index in [1.54, 1.807) is 6.21 Å². The van der Waals surface area contributed by atoms with E-state index in [0.717, 1.165) is 24.3 Å². The van der Waals surface area contributed by atoms with E-state index in [9.17, 15) is 4.79 Å². The Morgan fingerprint density at radius 2 is 1.62 bits per heavy atom. The molecule has 0 aromatic heterocycles. The van der Waals surface area contributed by atoms with Gasteiger partial charge in [0.2, 0.25) is 0 Å². The van der Waals surface area contributed by atoms with Crippen LogP contribution in [0.25, 0.3) is 0 Å². The standard InChI is InChI=1S/C24H32N2O3/c1-4-5-6-7-16-28-22-12-8-20(9-13-22)17-25-26-24(27)18-29-23-14-10-21(11-15-23)19(2)3/h8-15,17,19H,4-7,16,18H2,1-3H3,(H,26,27)/b25-17+. The molecule has 0 atom stereocenters. The minimum Gasteiger partial charge on any atom is -0.494 e. The lowest BCUT2D eigenvalue weighted by molar-refractivity contribution is -0.123. The van der Waals surface area contributed by atoms with Crippen LogP contribution in [0, 0.1) is 0 Å². The number of amides is 1. The number of hydrogen-bond acceptors (Lipinski definition) is 4. The molecule has 5 nitrogen and oxygen atoms in total. The Balaban J connectivity index is 1.68. The van der Waals surface area contributed by atoms with Gasteiger partial charge in [-0.05, 0) is 59.9 Å². The van der Waals surface area contributed by atoms with Crippen molar-refractivity contribution in [3.63, 3.8) is 0 Å². The summed E-state index contributed by atoms with van der Waals surface area (Å²) in [6.45, 7) is 7.13. The molecule has 0 aliphatic carbocycles. The minimum atomic E-state index is -0.304. The van der Waals surface area contributed by atoms with E-state index in [1.807, 2.05) is 48.5 Å². The maximum Gasteiger partial charge on any atom is 0.277 e. The van der Waals surface area contributed by atoms with E-state index < -0.39 is 0 Å². The number of hydrazone groups is 1. The van der Waals surface area contributed by atoms with Crippen molar-refractivity contribution in [2.24, 2.45) is 5.10 Å². The number of nitrogens with one attached hydrogen (secondary N) is 1. The van der Waals surface area contributed by atoms with Crippen LogP contribution in [-0.4, -0.2) is 25.3 Å². The lowest BCUT2D eigenvalue weighted by Crippen LogP contribution is -2.24. The van der Waals surface area contributed by atoms with Crippen LogP contribution in [0.3, 0.4) is 0 Å². The highest BCUT2D eigenvalue weighted by molar-refractivity contribution is 5.83. The van der Waals surface area contributed by atoms with Crippen LogP contribution in [0.5, 0.6) is 11.5 Å². The summed E-state index contributed by atoms with van der Waals surface area (Å²) in [5.74, 6) is 1.67. The summed E-state index contributed by atoms with van der Waals surface area (Å²) in [6, 6.07) is 15.4. The van der Waals surface area contributed by atoms with Crippen molar-refractivity contribution in [1.29, 1.82) is 0 Å². The smallest absolute Gasteiger partial charge is 0.277 e. The summed E-state index contributed by atoms with van der Waals surface area (Å²) in [5.41, 5.74) is 4.59. The molecule has 2 aromatic rings. The zero-order valence-corrected chi connectivity index (χ0v) is 17.7. The molecule has 0 aliphatic rings. The molecule has 0 fully saturated rings. The van der Waals surface area contributed by atoms with Crippen molar-refractivity contribution >= 4 is 12.1 Å². The lowest BCUT2D eigenvalue weighted by atomic mass is 10.0. The summed E-state index contributed by atoms with van der Waals surface area (Å²) in [5, 5.41) is 3.97. The maximum absolute atomic E-state index is 11.9. The average Bonchev–Trinajstić information content (AvgIpc) is 2.73. The van der Waals surface area contributed by atoms with Crippen molar-refractivity contribution in [1.82, 2.24) is 5.43 Å². The Labute approximate surface area is 174 Å². The molecular weight excluding hydrogens is 364 g/mol. The molecule has 0 saturated carbocycles. The maximum atomic E-state index is 11.9. The predicted molar refractivity (Wildman–Crippen MR) is 118 cm³/mol. The summed E-state index contributed by atoms with van der Waals surface area (Å²) >= 11 is 0. The van der Waals surface area contributed by atoms with Gasteiger partial charge >= 0.3 is 0 Å².